The molecule has 0 aliphatic heterocycles. The number of hydrogen-bond donors (Lipinski definition) is 1. The van der Waals surface area contributed by atoms with Gasteiger partial charge in [-0.05, 0) is 42.5 Å². The van der Waals surface area contributed by atoms with Crippen molar-refractivity contribution in [2.75, 3.05) is 0 Å². The smallest absolute Gasteiger partial charge is 0.0234 e. The van der Waals surface area contributed by atoms with Crippen molar-refractivity contribution in [3.05, 3.63) is 70.2 Å². The fourth-order valence-corrected chi connectivity index (χ4v) is 3.21. The fourth-order valence-electron chi connectivity index (χ4n) is 2.79. The Labute approximate surface area is 123 Å². The highest BCUT2D eigenvalue weighted by Gasteiger charge is 2.50. The molecule has 0 radical (unpaired) electrons. The maximum atomic E-state index is 6.51. The van der Waals surface area contributed by atoms with E-state index in [1.54, 1.807) is 0 Å². The molecule has 1 saturated carbocycles. The van der Waals surface area contributed by atoms with Gasteiger partial charge in [-0.2, -0.15) is 0 Å². The number of aryl methyl sites for hydroxylation is 1. The van der Waals surface area contributed by atoms with Gasteiger partial charge in [-0.15, -0.1) is 0 Å². The molecule has 2 atom stereocenters. The van der Waals surface area contributed by atoms with Crippen LogP contribution in [0.5, 0.6) is 0 Å². The molecular formula is C17H18BrN. The highest BCUT2D eigenvalue weighted by Crippen LogP contribution is 2.52. The van der Waals surface area contributed by atoms with Crippen LogP contribution >= 0.6 is 15.9 Å². The van der Waals surface area contributed by atoms with Gasteiger partial charge in [0.15, 0.2) is 0 Å². The van der Waals surface area contributed by atoms with Crippen molar-refractivity contribution in [3.8, 4) is 0 Å². The lowest BCUT2D eigenvalue weighted by atomic mass is 10.00. The van der Waals surface area contributed by atoms with E-state index in [0.717, 1.165) is 23.7 Å². The lowest BCUT2D eigenvalue weighted by molar-refractivity contribution is 0.589. The van der Waals surface area contributed by atoms with Crippen LogP contribution in [0, 0.1) is 0 Å². The van der Waals surface area contributed by atoms with Gasteiger partial charge in [-0.3, -0.25) is 0 Å². The summed E-state index contributed by atoms with van der Waals surface area (Å²) in [4.78, 5) is 0. The van der Waals surface area contributed by atoms with Gasteiger partial charge in [-0.1, -0.05) is 58.4 Å². The SMILES string of the molecule is N[C@@]1(CCc2ccccc2)C[C@@H]1c1cccc(Br)c1. The highest BCUT2D eigenvalue weighted by atomic mass is 79.9. The number of halogens is 1. The Bertz CT molecular complexity index is 566. The first-order chi connectivity index (χ1) is 9.17. The van der Waals surface area contributed by atoms with Gasteiger partial charge >= 0.3 is 0 Å². The summed E-state index contributed by atoms with van der Waals surface area (Å²) in [5, 5.41) is 0. The zero-order chi connectivity index (χ0) is 13.3. The molecule has 1 fully saturated rings. The Morgan fingerprint density at radius 2 is 1.89 bits per heavy atom. The third-order valence-electron chi connectivity index (χ3n) is 4.09. The van der Waals surface area contributed by atoms with Crippen molar-refractivity contribution in [1.29, 1.82) is 0 Å². The van der Waals surface area contributed by atoms with E-state index in [1.165, 1.54) is 11.1 Å². The zero-order valence-electron chi connectivity index (χ0n) is 10.9. The Morgan fingerprint density at radius 1 is 1.11 bits per heavy atom. The van der Waals surface area contributed by atoms with Crippen LogP contribution in [0.4, 0.5) is 0 Å². The van der Waals surface area contributed by atoms with Crippen molar-refractivity contribution in [2.24, 2.45) is 5.73 Å². The maximum absolute atomic E-state index is 6.51. The first-order valence-electron chi connectivity index (χ1n) is 6.76. The summed E-state index contributed by atoms with van der Waals surface area (Å²) in [5.41, 5.74) is 9.25. The number of rotatable bonds is 4. The van der Waals surface area contributed by atoms with Gasteiger partial charge in [-0.25, -0.2) is 0 Å². The number of benzene rings is 2. The molecule has 0 amide bonds. The van der Waals surface area contributed by atoms with Crippen molar-refractivity contribution >= 4 is 15.9 Å². The molecule has 98 valence electrons. The molecule has 0 heterocycles. The minimum Gasteiger partial charge on any atom is -0.325 e. The fraction of sp³-hybridized carbons (Fsp3) is 0.294. The van der Waals surface area contributed by atoms with Crippen molar-refractivity contribution in [2.45, 2.75) is 30.7 Å². The van der Waals surface area contributed by atoms with Gasteiger partial charge in [0, 0.05) is 15.9 Å². The zero-order valence-corrected chi connectivity index (χ0v) is 12.4. The van der Waals surface area contributed by atoms with Crippen LogP contribution in [-0.2, 0) is 6.42 Å². The molecule has 0 saturated heterocycles. The first-order valence-corrected chi connectivity index (χ1v) is 7.55. The van der Waals surface area contributed by atoms with E-state index in [2.05, 4.69) is 70.5 Å². The van der Waals surface area contributed by atoms with Gasteiger partial charge in [0.25, 0.3) is 0 Å². The predicted octanol–water partition coefficient (Wildman–Crippen LogP) is 4.27. The van der Waals surface area contributed by atoms with Crippen LogP contribution in [0.3, 0.4) is 0 Å². The molecule has 0 bridgehead atoms. The summed E-state index contributed by atoms with van der Waals surface area (Å²) in [6, 6.07) is 19.1. The Balaban J connectivity index is 1.64. The average molecular weight is 316 g/mol. The summed E-state index contributed by atoms with van der Waals surface area (Å²) >= 11 is 3.53. The molecule has 2 aromatic carbocycles. The molecule has 1 aliphatic rings. The summed E-state index contributed by atoms with van der Waals surface area (Å²) in [6.45, 7) is 0. The lowest BCUT2D eigenvalue weighted by Gasteiger charge is -2.12. The van der Waals surface area contributed by atoms with Gasteiger partial charge < -0.3 is 5.73 Å². The molecule has 1 aliphatic carbocycles. The topological polar surface area (TPSA) is 26.0 Å². The molecule has 0 aromatic heterocycles. The van der Waals surface area contributed by atoms with Crippen molar-refractivity contribution < 1.29 is 0 Å². The van der Waals surface area contributed by atoms with E-state index in [-0.39, 0.29) is 5.54 Å². The summed E-state index contributed by atoms with van der Waals surface area (Å²) in [7, 11) is 0. The van der Waals surface area contributed by atoms with E-state index >= 15 is 0 Å². The van der Waals surface area contributed by atoms with E-state index < -0.39 is 0 Å². The normalized spacial score (nSPS) is 25.3. The predicted molar refractivity (Wildman–Crippen MR) is 83.2 cm³/mol. The Hall–Kier alpha value is -1.12. The van der Waals surface area contributed by atoms with Gasteiger partial charge in [0.1, 0.15) is 0 Å². The van der Waals surface area contributed by atoms with Crippen LogP contribution < -0.4 is 5.73 Å². The van der Waals surface area contributed by atoms with E-state index in [9.17, 15) is 0 Å². The lowest BCUT2D eigenvalue weighted by Crippen LogP contribution is -2.25. The summed E-state index contributed by atoms with van der Waals surface area (Å²) in [6.07, 6.45) is 3.24. The molecule has 3 rings (SSSR count). The second-order valence-corrected chi connectivity index (χ2v) is 6.45. The van der Waals surface area contributed by atoms with Crippen LogP contribution in [-0.4, -0.2) is 5.54 Å². The largest absolute Gasteiger partial charge is 0.325 e. The van der Waals surface area contributed by atoms with E-state index in [0.29, 0.717) is 5.92 Å². The van der Waals surface area contributed by atoms with E-state index in [4.69, 9.17) is 5.73 Å². The molecule has 2 aromatic rings. The van der Waals surface area contributed by atoms with Crippen LogP contribution in [0.2, 0.25) is 0 Å². The first kappa shape index (κ1) is 12.9. The molecular weight excluding hydrogens is 298 g/mol. The molecule has 2 heteroatoms. The number of nitrogens with two attached hydrogens (primary N) is 1. The number of hydrogen-bond acceptors (Lipinski definition) is 1. The third-order valence-corrected chi connectivity index (χ3v) is 4.58. The van der Waals surface area contributed by atoms with Crippen LogP contribution in [0.25, 0.3) is 0 Å². The second kappa shape index (κ2) is 5.10. The summed E-state index contributed by atoms with van der Waals surface area (Å²) < 4.78 is 1.14. The Morgan fingerprint density at radius 3 is 2.63 bits per heavy atom. The third kappa shape index (κ3) is 2.90. The summed E-state index contributed by atoms with van der Waals surface area (Å²) in [5.74, 6) is 0.522. The molecule has 0 spiro atoms. The Kier molecular flexibility index (Phi) is 3.46. The van der Waals surface area contributed by atoms with Crippen molar-refractivity contribution in [1.82, 2.24) is 0 Å². The quantitative estimate of drug-likeness (QED) is 0.896. The van der Waals surface area contributed by atoms with Gasteiger partial charge in [0.2, 0.25) is 0 Å². The molecule has 1 nitrogen and oxygen atoms in total. The standard InChI is InChI=1S/C17H18BrN/c18-15-8-4-7-14(11-15)16-12-17(16,19)10-9-13-5-2-1-3-6-13/h1-8,11,16H,9-10,12,19H2/t16-,17+/m1/s1. The highest BCUT2D eigenvalue weighted by molar-refractivity contribution is 9.10. The van der Waals surface area contributed by atoms with Gasteiger partial charge in [0.05, 0.1) is 0 Å². The minimum absolute atomic E-state index is 0.00334. The van der Waals surface area contributed by atoms with Crippen LogP contribution in [0.1, 0.15) is 29.9 Å². The van der Waals surface area contributed by atoms with E-state index in [1.807, 2.05) is 0 Å². The van der Waals surface area contributed by atoms with Crippen molar-refractivity contribution in [3.63, 3.8) is 0 Å². The molecule has 2 N–H and O–H groups in total. The molecule has 0 unspecified atom stereocenters. The minimum atomic E-state index is -0.00334. The maximum Gasteiger partial charge on any atom is 0.0234 e. The van der Waals surface area contributed by atoms with Crippen LogP contribution in [0.15, 0.2) is 59.1 Å². The second-order valence-electron chi connectivity index (χ2n) is 5.53. The monoisotopic (exact) mass is 315 g/mol. The molecule has 19 heavy (non-hydrogen) atoms. The average Bonchev–Trinajstić information content (AvgIpc) is 3.11.